The van der Waals surface area contributed by atoms with Gasteiger partial charge < -0.3 is 9.84 Å². The van der Waals surface area contributed by atoms with E-state index >= 15 is 0 Å². The van der Waals surface area contributed by atoms with E-state index in [4.69, 9.17) is 9.84 Å². The molecule has 2 N–H and O–H groups in total. The van der Waals surface area contributed by atoms with Crippen LogP contribution in [0.3, 0.4) is 0 Å². The second-order valence-electron chi connectivity index (χ2n) is 10.8. The summed E-state index contributed by atoms with van der Waals surface area (Å²) in [6.07, 6.45) is 14.4. The summed E-state index contributed by atoms with van der Waals surface area (Å²) < 4.78 is 34.3. The molecule has 0 heterocycles. The number of carbonyl (C=O) groups is 2. The molecule has 1 unspecified atom stereocenters. The number of unbranched alkanes of at least 4 members (excludes halogenated alkanes) is 8. The number of hydrogen-bond acceptors (Lipinski definition) is 7. The minimum atomic E-state index is -3.99. The Labute approximate surface area is 245 Å². The van der Waals surface area contributed by atoms with E-state index in [0.717, 1.165) is 62.8 Å². The Kier molecular flexibility index (Phi) is 18.9. The van der Waals surface area contributed by atoms with E-state index in [9.17, 15) is 28.1 Å². The molecule has 0 aliphatic heterocycles. The van der Waals surface area contributed by atoms with Crippen molar-refractivity contribution in [1.29, 1.82) is 0 Å². The third kappa shape index (κ3) is 17.1. The number of ether oxygens (including phenoxy) is 1. The number of esters is 1. The Balaban J connectivity index is 2.70. The van der Waals surface area contributed by atoms with Crippen molar-refractivity contribution in [3.05, 3.63) is 34.4 Å². The van der Waals surface area contributed by atoms with E-state index in [-0.39, 0.29) is 48.3 Å². The van der Waals surface area contributed by atoms with Gasteiger partial charge in [0, 0.05) is 31.0 Å². The molecule has 1 aromatic carbocycles. The molecule has 234 valence electrons. The first-order valence-corrected chi connectivity index (χ1v) is 16.7. The van der Waals surface area contributed by atoms with Crippen LogP contribution < -0.4 is 4.72 Å². The highest BCUT2D eigenvalue weighted by Gasteiger charge is 2.22. The molecule has 0 saturated carbocycles. The summed E-state index contributed by atoms with van der Waals surface area (Å²) in [6, 6.07) is 3.98. The number of nitro benzene ring substituents is 1. The summed E-state index contributed by atoms with van der Waals surface area (Å²) in [4.78, 5) is 33.8. The van der Waals surface area contributed by atoms with Gasteiger partial charge in [0.15, 0.2) is 0 Å². The molecule has 11 heteroatoms. The number of benzene rings is 1. The van der Waals surface area contributed by atoms with Crippen LogP contribution in [0.25, 0.3) is 0 Å². The second kappa shape index (κ2) is 21.2. The Bertz CT molecular complexity index is 984. The molecule has 0 aliphatic rings. The summed E-state index contributed by atoms with van der Waals surface area (Å²) in [6.45, 7) is 4.36. The number of carbonyl (C=O) groups excluding carboxylic acids is 1. The first kappa shape index (κ1) is 36.5. The van der Waals surface area contributed by atoms with Crippen LogP contribution in [0.5, 0.6) is 0 Å². The summed E-state index contributed by atoms with van der Waals surface area (Å²) >= 11 is 0. The molecule has 0 spiro atoms. The van der Waals surface area contributed by atoms with Gasteiger partial charge >= 0.3 is 11.9 Å². The van der Waals surface area contributed by atoms with Gasteiger partial charge in [0.05, 0.1) is 9.82 Å². The molecule has 0 bridgehead atoms. The average molecular weight is 599 g/mol. The molecule has 0 saturated heterocycles. The molecule has 1 aromatic rings. The van der Waals surface area contributed by atoms with Crippen molar-refractivity contribution in [3.8, 4) is 0 Å². The maximum absolute atomic E-state index is 12.9. The Morgan fingerprint density at radius 2 is 1.34 bits per heavy atom. The number of nitrogens with zero attached hydrogens (tertiary/aromatic N) is 1. The van der Waals surface area contributed by atoms with Crippen molar-refractivity contribution in [2.45, 2.75) is 146 Å². The number of non-ortho nitro benzene ring substituents is 1. The summed E-state index contributed by atoms with van der Waals surface area (Å²) in [5.74, 6) is -1.26. The molecule has 10 nitrogen and oxygen atoms in total. The molecule has 1 rings (SSSR count). The van der Waals surface area contributed by atoms with E-state index in [0.29, 0.717) is 12.8 Å². The molecule has 1 atom stereocenters. The van der Waals surface area contributed by atoms with Crippen molar-refractivity contribution < 1.29 is 32.8 Å². The number of sulfonamides is 1. The summed E-state index contributed by atoms with van der Waals surface area (Å²) in [7, 11) is -3.99. The fourth-order valence-electron chi connectivity index (χ4n) is 4.75. The highest BCUT2D eigenvalue weighted by molar-refractivity contribution is 7.89. The Morgan fingerprint density at radius 1 is 0.829 bits per heavy atom. The van der Waals surface area contributed by atoms with E-state index in [1.165, 1.54) is 38.5 Å². The lowest BCUT2D eigenvalue weighted by Gasteiger charge is -2.20. The van der Waals surface area contributed by atoms with Gasteiger partial charge in [0.2, 0.25) is 10.0 Å². The van der Waals surface area contributed by atoms with Gasteiger partial charge in [0.25, 0.3) is 5.69 Å². The first-order chi connectivity index (χ1) is 19.6. The number of carboxylic acids is 1. The maximum atomic E-state index is 12.9. The van der Waals surface area contributed by atoms with E-state index in [1.54, 1.807) is 0 Å². The minimum Gasteiger partial charge on any atom is -0.481 e. The lowest BCUT2D eigenvalue weighted by molar-refractivity contribution is -0.384. The fourth-order valence-corrected chi connectivity index (χ4v) is 6.05. The molecule has 41 heavy (non-hydrogen) atoms. The molecule has 0 amide bonds. The van der Waals surface area contributed by atoms with E-state index in [2.05, 4.69) is 18.6 Å². The standard InChI is InChI=1S/C30H50N2O8S/c1-3-5-7-9-11-17-27(18-12-10-8-6-4-2)40-30(35)20-14-16-25(15-13-19-29(33)34)31-41(38,39)28-23-21-26(22-24-28)32(36)37/h21-25,27,31H,3-20H2,1-2H3,(H,33,34). The van der Waals surface area contributed by atoms with Gasteiger partial charge in [0.1, 0.15) is 6.10 Å². The monoisotopic (exact) mass is 598 g/mol. The number of carboxylic acid groups (broad SMARTS) is 1. The van der Waals surface area contributed by atoms with Gasteiger partial charge in [-0.15, -0.1) is 0 Å². The Hall–Kier alpha value is -2.53. The Morgan fingerprint density at radius 3 is 1.83 bits per heavy atom. The van der Waals surface area contributed by atoms with Crippen LogP contribution in [0.1, 0.15) is 129 Å². The zero-order valence-corrected chi connectivity index (χ0v) is 25.7. The van der Waals surface area contributed by atoms with Crippen LogP contribution in [-0.4, -0.2) is 42.5 Å². The minimum absolute atomic E-state index is 0.0993. The fraction of sp³-hybridized carbons (Fsp3) is 0.733. The van der Waals surface area contributed by atoms with Gasteiger partial charge in [-0.25, -0.2) is 13.1 Å². The smallest absolute Gasteiger partial charge is 0.306 e. The predicted molar refractivity (Wildman–Crippen MR) is 159 cm³/mol. The van der Waals surface area contributed by atoms with Crippen LogP contribution in [0.15, 0.2) is 29.2 Å². The second-order valence-corrected chi connectivity index (χ2v) is 12.5. The first-order valence-electron chi connectivity index (χ1n) is 15.3. The highest BCUT2D eigenvalue weighted by Crippen LogP contribution is 2.20. The summed E-state index contributed by atoms with van der Waals surface area (Å²) in [5, 5.41) is 19.9. The zero-order chi connectivity index (χ0) is 30.5. The van der Waals surface area contributed by atoms with Crippen molar-refractivity contribution in [2.24, 2.45) is 0 Å². The van der Waals surface area contributed by atoms with Crippen molar-refractivity contribution in [3.63, 3.8) is 0 Å². The largest absolute Gasteiger partial charge is 0.481 e. The molecular weight excluding hydrogens is 548 g/mol. The lowest BCUT2D eigenvalue weighted by atomic mass is 10.0. The van der Waals surface area contributed by atoms with Crippen LogP contribution in [-0.2, 0) is 24.3 Å². The lowest BCUT2D eigenvalue weighted by Crippen LogP contribution is -2.35. The number of hydrogen-bond donors (Lipinski definition) is 2. The number of rotatable bonds is 25. The topological polar surface area (TPSA) is 153 Å². The normalized spacial score (nSPS) is 12.4. The van der Waals surface area contributed by atoms with Crippen LogP contribution >= 0.6 is 0 Å². The van der Waals surface area contributed by atoms with E-state index in [1.807, 2.05) is 0 Å². The average Bonchev–Trinajstić information content (AvgIpc) is 2.92. The highest BCUT2D eigenvalue weighted by atomic mass is 32.2. The molecule has 0 aromatic heterocycles. The zero-order valence-electron chi connectivity index (χ0n) is 24.9. The van der Waals surface area contributed by atoms with E-state index < -0.39 is 27.0 Å². The van der Waals surface area contributed by atoms with Crippen molar-refractivity contribution >= 4 is 27.6 Å². The SMILES string of the molecule is CCCCCCCC(CCCCCCC)OC(=O)CCCC(CCCC(=O)O)NS(=O)(=O)c1ccc([N+](=O)[O-])cc1. The van der Waals surface area contributed by atoms with Crippen molar-refractivity contribution in [1.82, 2.24) is 4.72 Å². The summed E-state index contributed by atoms with van der Waals surface area (Å²) in [5.41, 5.74) is -0.222. The molecule has 0 radical (unpaired) electrons. The third-order valence-corrected chi connectivity index (χ3v) is 8.65. The number of aliphatic carboxylic acids is 1. The predicted octanol–water partition coefficient (Wildman–Crippen LogP) is 7.30. The van der Waals surface area contributed by atoms with Crippen LogP contribution in [0.2, 0.25) is 0 Å². The number of nitrogens with one attached hydrogen (secondary N) is 1. The van der Waals surface area contributed by atoms with Gasteiger partial charge in [-0.05, 0) is 63.5 Å². The van der Waals surface area contributed by atoms with Crippen LogP contribution in [0, 0.1) is 10.1 Å². The van der Waals surface area contributed by atoms with Crippen LogP contribution in [0.4, 0.5) is 5.69 Å². The van der Waals surface area contributed by atoms with Gasteiger partial charge in [-0.1, -0.05) is 65.2 Å². The van der Waals surface area contributed by atoms with Gasteiger partial charge in [-0.3, -0.25) is 19.7 Å². The maximum Gasteiger partial charge on any atom is 0.306 e. The quantitative estimate of drug-likeness (QED) is 0.0514. The molecule has 0 aliphatic carbocycles. The van der Waals surface area contributed by atoms with Gasteiger partial charge in [-0.2, -0.15) is 0 Å². The molecule has 0 fully saturated rings. The molecular formula is C30H50N2O8S. The number of nitro groups is 1. The van der Waals surface area contributed by atoms with Crippen molar-refractivity contribution in [2.75, 3.05) is 0 Å². The third-order valence-electron chi connectivity index (χ3n) is 7.11.